The van der Waals surface area contributed by atoms with Crippen LogP contribution in [0.3, 0.4) is 0 Å². The van der Waals surface area contributed by atoms with E-state index in [0.29, 0.717) is 0 Å². The Kier molecular flexibility index (Phi) is 5.64. The average molecular weight is 320 g/mol. The molecule has 0 aromatic carbocycles. The summed E-state index contributed by atoms with van der Waals surface area (Å²) in [5, 5.41) is 7.69. The van der Waals surface area contributed by atoms with Crippen molar-refractivity contribution >= 4 is 27.3 Å². The highest BCUT2D eigenvalue weighted by atomic mass is 79.9. The zero-order valence-corrected chi connectivity index (χ0v) is 13.6. The van der Waals surface area contributed by atoms with Crippen molar-refractivity contribution in [2.45, 2.75) is 39.8 Å². The Hall–Kier alpha value is 0.100. The van der Waals surface area contributed by atoms with Crippen molar-refractivity contribution in [1.29, 1.82) is 0 Å². The third-order valence-corrected chi connectivity index (χ3v) is 4.54. The predicted molar refractivity (Wildman–Crippen MR) is 78.7 cm³/mol. The molecule has 1 aromatic rings. The van der Waals surface area contributed by atoms with Gasteiger partial charge in [0.05, 0.1) is 12.1 Å². The van der Waals surface area contributed by atoms with Crippen LogP contribution in [0.2, 0.25) is 0 Å². The van der Waals surface area contributed by atoms with E-state index in [-0.39, 0.29) is 17.6 Å². The molecule has 2 unspecified atom stereocenters. The van der Waals surface area contributed by atoms with Crippen molar-refractivity contribution in [2.75, 3.05) is 13.7 Å². The normalized spacial score (nSPS) is 15.9. The van der Waals surface area contributed by atoms with Crippen LogP contribution in [0.5, 0.6) is 0 Å². The molecular weight excluding hydrogens is 298 g/mol. The van der Waals surface area contributed by atoms with Gasteiger partial charge in [-0.2, -0.15) is 11.3 Å². The molecule has 0 fully saturated rings. The van der Waals surface area contributed by atoms with E-state index in [4.69, 9.17) is 4.74 Å². The highest BCUT2D eigenvalue weighted by Gasteiger charge is 2.34. The Labute approximate surface area is 117 Å². The number of rotatable bonds is 5. The molecule has 1 rings (SSSR count). The fourth-order valence-electron chi connectivity index (χ4n) is 2.01. The van der Waals surface area contributed by atoms with E-state index < -0.39 is 0 Å². The molecule has 0 amide bonds. The first kappa shape index (κ1) is 15.2. The van der Waals surface area contributed by atoms with E-state index in [2.05, 4.69) is 52.8 Å². The van der Waals surface area contributed by atoms with Gasteiger partial charge in [-0.3, -0.25) is 0 Å². The molecule has 1 heterocycles. The van der Waals surface area contributed by atoms with Crippen LogP contribution in [0.1, 0.15) is 39.3 Å². The zero-order chi connectivity index (χ0) is 13.1. The van der Waals surface area contributed by atoms with Crippen LogP contribution in [0, 0.1) is 5.41 Å². The summed E-state index contributed by atoms with van der Waals surface area (Å²) in [5.74, 6) is 0. The lowest BCUT2D eigenvalue weighted by atomic mass is 9.82. The molecule has 98 valence electrons. The molecule has 2 atom stereocenters. The summed E-state index contributed by atoms with van der Waals surface area (Å²) >= 11 is 5.32. The second kappa shape index (κ2) is 6.32. The lowest BCUT2D eigenvalue weighted by Crippen LogP contribution is -2.41. The third-order valence-electron chi connectivity index (χ3n) is 2.79. The van der Waals surface area contributed by atoms with Gasteiger partial charge in [0, 0.05) is 16.5 Å². The number of thiophene rings is 1. The number of nitrogens with one attached hydrogen (secondary N) is 1. The van der Waals surface area contributed by atoms with Crippen LogP contribution in [0.4, 0.5) is 0 Å². The molecule has 0 aliphatic heterocycles. The predicted octanol–water partition coefficient (Wildman–Crippen LogP) is 4.22. The van der Waals surface area contributed by atoms with Crippen molar-refractivity contribution in [3.8, 4) is 0 Å². The Morgan fingerprint density at radius 1 is 1.41 bits per heavy atom. The number of hydrogen-bond donors (Lipinski definition) is 1. The van der Waals surface area contributed by atoms with Gasteiger partial charge in [-0.1, -0.05) is 20.8 Å². The van der Waals surface area contributed by atoms with Crippen LogP contribution in [0.25, 0.3) is 0 Å². The molecule has 0 saturated heterocycles. The highest BCUT2D eigenvalue weighted by Crippen LogP contribution is 2.37. The number of hydrogen-bond acceptors (Lipinski definition) is 3. The quantitative estimate of drug-likeness (QED) is 0.877. The summed E-state index contributed by atoms with van der Waals surface area (Å²) < 4.78 is 7.12. The maximum atomic E-state index is 5.96. The number of halogens is 1. The molecule has 4 heteroatoms. The SMILES string of the molecule is CCOC(C(NC)c1cscc1Br)C(C)(C)C. The Morgan fingerprint density at radius 2 is 2.06 bits per heavy atom. The smallest absolute Gasteiger partial charge is 0.0818 e. The van der Waals surface area contributed by atoms with Crippen LogP contribution < -0.4 is 5.32 Å². The number of ether oxygens (including phenoxy) is 1. The van der Waals surface area contributed by atoms with E-state index in [1.165, 1.54) is 5.56 Å². The summed E-state index contributed by atoms with van der Waals surface area (Å²) in [6.07, 6.45) is 0.156. The van der Waals surface area contributed by atoms with Gasteiger partial charge in [0.15, 0.2) is 0 Å². The van der Waals surface area contributed by atoms with Crippen molar-refractivity contribution in [3.05, 3.63) is 20.8 Å². The van der Waals surface area contributed by atoms with Gasteiger partial charge in [-0.15, -0.1) is 0 Å². The van der Waals surface area contributed by atoms with Crippen LogP contribution in [-0.2, 0) is 4.74 Å². The Balaban J connectivity index is 3.02. The topological polar surface area (TPSA) is 21.3 Å². The van der Waals surface area contributed by atoms with Crippen LogP contribution in [-0.4, -0.2) is 19.8 Å². The summed E-state index contributed by atoms with van der Waals surface area (Å²) in [7, 11) is 1.99. The lowest BCUT2D eigenvalue weighted by Gasteiger charge is -2.36. The first-order valence-electron chi connectivity index (χ1n) is 5.92. The minimum absolute atomic E-state index is 0.102. The minimum atomic E-state index is 0.102. The Bertz CT molecular complexity index is 345. The molecular formula is C13H22BrNOS. The summed E-state index contributed by atoms with van der Waals surface area (Å²) in [6, 6.07) is 0.218. The standard InChI is InChI=1S/C13H22BrNOS/c1-6-16-12(13(2,3)4)11(15-5)9-7-17-8-10(9)14/h7-8,11-12,15H,6H2,1-5H3. The monoisotopic (exact) mass is 319 g/mol. The lowest BCUT2D eigenvalue weighted by molar-refractivity contribution is -0.0351. The van der Waals surface area contributed by atoms with E-state index in [0.717, 1.165) is 11.1 Å². The van der Waals surface area contributed by atoms with E-state index >= 15 is 0 Å². The summed E-state index contributed by atoms with van der Waals surface area (Å²) in [5.41, 5.74) is 1.39. The van der Waals surface area contributed by atoms with E-state index in [9.17, 15) is 0 Å². The second-order valence-electron chi connectivity index (χ2n) is 5.18. The molecule has 2 nitrogen and oxygen atoms in total. The maximum absolute atomic E-state index is 5.96. The molecule has 0 spiro atoms. The molecule has 0 radical (unpaired) electrons. The van der Waals surface area contributed by atoms with Gasteiger partial charge in [0.2, 0.25) is 0 Å². The van der Waals surface area contributed by atoms with Crippen molar-refractivity contribution < 1.29 is 4.74 Å². The molecule has 17 heavy (non-hydrogen) atoms. The molecule has 0 aliphatic rings. The molecule has 0 aliphatic carbocycles. The summed E-state index contributed by atoms with van der Waals surface area (Å²) in [6.45, 7) is 9.45. The number of likely N-dealkylation sites (N-methyl/N-ethyl adjacent to an activating group) is 1. The second-order valence-corrected chi connectivity index (χ2v) is 6.78. The van der Waals surface area contributed by atoms with Gasteiger partial charge in [-0.25, -0.2) is 0 Å². The third kappa shape index (κ3) is 3.78. The van der Waals surface area contributed by atoms with E-state index in [1.807, 2.05) is 14.0 Å². The van der Waals surface area contributed by atoms with Crippen molar-refractivity contribution in [2.24, 2.45) is 5.41 Å². The first-order valence-corrected chi connectivity index (χ1v) is 7.65. The molecule has 1 aromatic heterocycles. The first-order chi connectivity index (χ1) is 7.91. The van der Waals surface area contributed by atoms with Crippen LogP contribution >= 0.6 is 27.3 Å². The molecule has 1 N–H and O–H groups in total. The van der Waals surface area contributed by atoms with Gasteiger partial charge >= 0.3 is 0 Å². The molecule has 0 saturated carbocycles. The van der Waals surface area contributed by atoms with Gasteiger partial charge in [0.1, 0.15) is 0 Å². The van der Waals surface area contributed by atoms with Gasteiger partial charge < -0.3 is 10.1 Å². The van der Waals surface area contributed by atoms with E-state index in [1.54, 1.807) is 11.3 Å². The highest BCUT2D eigenvalue weighted by molar-refractivity contribution is 9.10. The van der Waals surface area contributed by atoms with Gasteiger partial charge in [-0.05, 0) is 46.3 Å². The summed E-state index contributed by atoms with van der Waals surface area (Å²) in [4.78, 5) is 0. The minimum Gasteiger partial charge on any atom is -0.376 e. The fourth-order valence-corrected chi connectivity index (χ4v) is 3.59. The average Bonchev–Trinajstić information content (AvgIpc) is 2.63. The Morgan fingerprint density at radius 3 is 2.41 bits per heavy atom. The molecule has 0 bridgehead atoms. The van der Waals surface area contributed by atoms with Crippen LogP contribution in [0.15, 0.2) is 15.2 Å². The zero-order valence-electron chi connectivity index (χ0n) is 11.2. The van der Waals surface area contributed by atoms with Gasteiger partial charge in [0.25, 0.3) is 0 Å². The van der Waals surface area contributed by atoms with Crippen molar-refractivity contribution in [1.82, 2.24) is 5.32 Å². The van der Waals surface area contributed by atoms with Crippen molar-refractivity contribution in [3.63, 3.8) is 0 Å². The maximum Gasteiger partial charge on any atom is 0.0818 e. The fraction of sp³-hybridized carbons (Fsp3) is 0.692. The largest absolute Gasteiger partial charge is 0.376 e.